The van der Waals surface area contributed by atoms with E-state index in [1.54, 1.807) is 13.8 Å². The minimum absolute atomic E-state index is 0. The second-order valence-electron chi connectivity index (χ2n) is 11.7. The maximum atomic E-state index is 11.5. The number of aromatic hydroxyl groups is 2. The Kier molecular flexibility index (Phi) is 14.1. The Morgan fingerprint density at radius 3 is 1.23 bits per heavy atom. The molecule has 21 heteroatoms. The van der Waals surface area contributed by atoms with Gasteiger partial charge in [-0.2, -0.15) is 10.2 Å². The number of benzene rings is 6. The fraction of sp³-hybridized carbons (Fsp3) is 0.111. The van der Waals surface area contributed by atoms with Crippen molar-refractivity contribution in [2.75, 3.05) is 0 Å². The van der Waals surface area contributed by atoms with E-state index in [-0.39, 0.29) is 93.5 Å². The summed E-state index contributed by atoms with van der Waals surface area (Å²) in [5.41, 5.74) is 1.74. The molecule has 57 heavy (non-hydrogen) atoms. The number of fused-ring (bicyclic) bond motifs is 2. The fourth-order valence-electron chi connectivity index (χ4n) is 5.59. The van der Waals surface area contributed by atoms with Crippen LogP contribution in [0, 0.1) is 20.2 Å². The average molecular weight is 841 g/mol. The average Bonchev–Trinajstić information content (AvgIpc) is 3.15. The SMILES string of the molecule is CCc1cc([N+](=O)[O-])ccc1N=Nc1c(O)ccc2c(S(=O)(=O)[O-])cccc12.CCc1cc([N+](=O)[O-])ccc1N=Nc1c(O)ccc2c(S(=O)(=O)[O-])cccc12.[Ca+2]. The van der Waals surface area contributed by atoms with Gasteiger partial charge in [-0.3, -0.25) is 20.2 Å². The molecule has 0 amide bonds. The van der Waals surface area contributed by atoms with Gasteiger partial charge in [0.05, 0.1) is 31.0 Å². The zero-order valence-electron chi connectivity index (χ0n) is 29.8. The summed E-state index contributed by atoms with van der Waals surface area (Å²) >= 11 is 0. The standard InChI is InChI=1S/2C18H15N3O6S.Ca/c2*1-2-11-10-12(21(23)24)6-8-15(11)19-20-18-14-4-3-5-17(28(25,26)27)13(14)7-9-16(18)22;/h2*3-10,22H,2H2,1H3,(H,25,26,27);/q;;+2/p-2. The third-order valence-corrected chi connectivity index (χ3v) is 10.1. The van der Waals surface area contributed by atoms with Crippen molar-refractivity contribution in [1.29, 1.82) is 0 Å². The molecule has 0 unspecified atom stereocenters. The molecular weight excluding hydrogens is 813 g/mol. The van der Waals surface area contributed by atoms with Gasteiger partial charge in [0, 0.05) is 45.8 Å². The van der Waals surface area contributed by atoms with Gasteiger partial charge in [-0.25, -0.2) is 16.8 Å². The second kappa shape index (κ2) is 18.2. The predicted molar refractivity (Wildman–Crippen MR) is 206 cm³/mol. The molecule has 0 fully saturated rings. The van der Waals surface area contributed by atoms with Crippen LogP contribution in [0.25, 0.3) is 21.5 Å². The third-order valence-electron chi connectivity index (χ3n) is 8.31. The first-order chi connectivity index (χ1) is 26.4. The second-order valence-corrected chi connectivity index (χ2v) is 14.4. The third kappa shape index (κ3) is 10.1. The number of hydrogen-bond donors (Lipinski definition) is 2. The van der Waals surface area contributed by atoms with E-state index in [1.165, 1.54) is 97.1 Å². The van der Waals surface area contributed by atoms with Crippen molar-refractivity contribution in [3.8, 4) is 11.5 Å². The van der Waals surface area contributed by atoms with Crippen LogP contribution in [-0.4, -0.2) is 83.7 Å². The molecule has 0 radical (unpaired) electrons. The van der Waals surface area contributed by atoms with E-state index >= 15 is 0 Å². The van der Waals surface area contributed by atoms with E-state index in [9.17, 15) is 56.4 Å². The van der Waals surface area contributed by atoms with E-state index in [0.717, 1.165) is 0 Å². The summed E-state index contributed by atoms with van der Waals surface area (Å²) in [6.07, 6.45) is 0.937. The van der Waals surface area contributed by atoms with Gasteiger partial charge in [0.2, 0.25) is 0 Å². The van der Waals surface area contributed by atoms with Gasteiger partial charge in [0.25, 0.3) is 11.4 Å². The number of hydrogen-bond acceptors (Lipinski definition) is 16. The van der Waals surface area contributed by atoms with Crippen molar-refractivity contribution in [2.45, 2.75) is 36.5 Å². The molecular formula is C36H28CaN6O12S2. The van der Waals surface area contributed by atoms with Gasteiger partial charge < -0.3 is 19.3 Å². The molecule has 0 heterocycles. The molecule has 0 aliphatic heterocycles. The maximum Gasteiger partial charge on any atom is 2.00 e. The number of non-ortho nitro benzene ring substituents is 2. The number of nitro benzene ring substituents is 2. The summed E-state index contributed by atoms with van der Waals surface area (Å²) in [5, 5.41) is 59.0. The fourth-order valence-corrected chi connectivity index (χ4v) is 6.97. The molecule has 6 rings (SSSR count). The zero-order valence-corrected chi connectivity index (χ0v) is 33.7. The number of nitro groups is 2. The van der Waals surface area contributed by atoms with E-state index in [1.807, 2.05) is 0 Å². The van der Waals surface area contributed by atoms with Crippen molar-refractivity contribution >= 4 is 114 Å². The Balaban J connectivity index is 0.000000248. The molecule has 0 saturated carbocycles. The zero-order chi connectivity index (χ0) is 40.9. The maximum absolute atomic E-state index is 11.5. The summed E-state index contributed by atoms with van der Waals surface area (Å²) < 4.78 is 68.8. The van der Waals surface area contributed by atoms with E-state index in [2.05, 4.69) is 20.5 Å². The summed E-state index contributed by atoms with van der Waals surface area (Å²) in [4.78, 5) is 19.9. The minimum atomic E-state index is -4.72. The minimum Gasteiger partial charge on any atom is -0.744 e. The molecule has 6 aromatic rings. The first kappa shape index (κ1) is 44.2. The summed E-state index contributed by atoms with van der Waals surface area (Å²) in [6.45, 7) is 3.61. The van der Waals surface area contributed by atoms with Gasteiger partial charge in [-0.1, -0.05) is 38.1 Å². The van der Waals surface area contributed by atoms with Crippen LogP contribution in [0.2, 0.25) is 0 Å². The topological polar surface area (TPSA) is 291 Å². The largest absolute Gasteiger partial charge is 2.00 e. The van der Waals surface area contributed by atoms with E-state index < -0.39 is 39.9 Å². The van der Waals surface area contributed by atoms with Crippen molar-refractivity contribution in [3.63, 3.8) is 0 Å². The first-order valence-electron chi connectivity index (χ1n) is 16.2. The number of phenolic OH excluding ortho intramolecular Hbond substituents is 2. The monoisotopic (exact) mass is 840 g/mol. The molecule has 288 valence electrons. The summed E-state index contributed by atoms with van der Waals surface area (Å²) in [7, 11) is -9.43. The number of nitrogens with zero attached hydrogens (tertiary/aromatic N) is 6. The van der Waals surface area contributed by atoms with Gasteiger partial charge >= 0.3 is 37.7 Å². The van der Waals surface area contributed by atoms with Gasteiger partial charge in [-0.15, -0.1) is 10.2 Å². The summed E-state index contributed by atoms with van der Waals surface area (Å²) in [6, 6.07) is 21.4. The van der Waals surface area contributed by atoms with Crippen LogP contribution in [-0.2, 0) is 33.1 Å². The Hall–Kier alpha value is -5.48. The number of azo groups is 2. The Bertz CT molecular complexity index is 2640. The van der Waals surface area contributed by atoms with E-state index in [4.69, 9.17) is 0 Å². The predicted octanol–water partition coefficient (Wildman–Crippen LogP) is 8.29. The normalized spacial score (nSPS) is 11.7. The van der Waals surface area contributed by atoms with Gasteiger partial charge in [-0.05, 0) is 72.5 Å². The van der Waals surface area contributed by atoms with Gasteiger partial charge in [0.1, 0.15) is 43.1 Å². The molecule has 0 bridgehead atoms. The molecule has 18 nitrogen and oxygen atoms in total. The molecule has 0 aromatic heterocycles. The van der Waals surface area contributed by atoms with Crippen LogP contribution in [0.1, 0.15) is 25.0 Å². The number of phenols is 2. The van der Waals surface area contributed by atoms with Crippen molar-refractivity contribution in [3.05, 3.63) is 128 Å². The van der Waals surface area contributed by atoms with Crippen LogP contribution in [0.15, 0.2) is 127 Å². The van der Waals surface area contributed by atoms with Gasteiger partial charge in [0.15, 0.2) is 0 Å². The van der Waals surface area contributed by atoms with Crippen LogP contribution in [0.4, 0.5) is 34.1 Å². The Morgan fingerprint density at radius 1 is 0.544 bits per heavy atom. The Morgan fingerprint density at radius 2 is 0.912 bits per heavy atom. The van der Waals surface area contributed by atoms with Crippen LogP contribution < -0.4 is 0 Å². The molecule has 0 aliphatic carbocycles. The first-order valence-corrected chi connectivity index (χ1v) is 19.1. The summed E-state index contributed by atoms with van der Waals surface area (Å²) in [5.74, 6) is -0.506. The smallest absolute Gasteiger partial charge is 0.744 e. The molecule has 2 N–H and O–H groups in total. The molecule has 6 aromatic carbocycles. The van der Waals surface area contributed by atoms with Crippen LogP contribution in [0.5, 0.6) is 11.5 Å². The number of rotatable bonds is 10. The van der Waals surface area contributed by atoms with Crippen molar-refractivity contribution < 1.29 is 46.0 Å². The Labute approximate surface area is 354 Å². The van der Waals surface area contributed by atoms with Crippen molar-refractivity contribution in [1.82, 2.24) is 0 Å². The molecule has 0 spiro atoms. The van der Waals surface area contributed by atoms with Crippen LogP contribution in [0.3, 0.4) is 0 Å². The van der Waals surface area contributed by atoms with E-state index in [0.29, 0.717) is 35.3 Å². The molecule has 0 aliphatic rings. The molecule has 0 atom stereocenters. The molecule has 0 saturated heterocycles. The van der Waals surface area contributed by atoms with Crippen molar-refractivity contribution in [2.24, 2.45) is 20.5 Å². The number of aryl methyl sites for hydroxylation is 2. The quantitative estimate of drug-likeness (QED) is 0.0433. The van der Waals surface area contributed by atoms with Crippen LogP contribution >= 0.6 is 0 Å².